The largest absolute Gasteiger partial charge is 0.478 e. The minimum absolute atomic E-state index is 0.0599. The third kappa shape index (κ3) is 12.7. The monoisotopic (exact) mass is 617 g/mol. The minimum atomic E-state index is -1.27. The van der Waals surface area contributed by atoms with E-state index in [1.807, 2.05) is 0 Å². The Morgan fingerprint density at radius 3 is 1.77 bits per heavy atom. The summed E-state index contributed by atoms with van der Waals surface area (Å²) < 4.78 is 40.0. The van der Waals surface area contributed by atoms with Crippen LogP contribution in [0.5, 0.6) is 0 Å². The van der Waals surface area contributed by atoms with Crippen LogP contribution in [0.15, 0.2) is 36.4 Å². The Labute approximate surface area is 242 Å². The molecule has 2 saturated heterocycles. The first-order valence-electron chi connectivity index (χ1n) is 12.4. The summed E-state index contributed by atoms with van der Waals surface area (Å²) in [4.78, 5) is 65.7. The van der Waals surface area contributed by atoms with E-state index in [1.54, 1.807) is 9.80 Å². The van der Waals surface area contributed by atoms with Gasteiger partial charge in [0.1, 0.15) is 12.4 Å². The van der Waals surface area contributed by atoms with Gasteiger partial charge in [-0.3, -0.25) is 9.59 Å². The van der Waals surface area contributed by atoms with Crippen molar-refractivity contribution < 1.29 is 67.5 Å². The number of carbonyl (C=O) groups excluding carboxylic acids is 2. The molecule has 14 nitrogen and oxygen atoms in total. The normalized spacial score (nSPS) is 17.9. The lowest BCUT2D eigenvalue weighted by atomic mass is 10.0. The summed E-state index contributed by atoms with van der Waals surface area (Å²) in [5.41, 5.74) is 5.86. The summed E-state index contributed by atoms with van der Waals surface area (Å²) in [6.07, 6.45) is 2.84. The number of hydrogen-bond donors (Lipinski definition) is 6. The van der Waals surface area contributed by atoms with Crippen molar-refractivity contribution >= 4 is 35.7 Å². The van der Waals surface area contributed by atoms with Gasteiger partial charge in [0.25, 0.3) is 0 Å². The van der Waals surface area contributed by atoms with E-state index in [9.17, 15) is 41.9 Å². The molecule has 0 unspecified atom stereocenters. The number of amides is 2. The van der Waals surface area contributed by atoms with Gasteiger partial charge in [-0.2, -0.15) is 0 Å². The number of aliphatic carboxylic acids is 4. The molecule has 0 radical (unpaired) electrons. The van der Waals surface area contributed by atoms with Crippen LogP contribution in [0.25, 0.3) is 0 Å². The highest BCUT2D eigenvalue weighted by Gasteiger charge is 2.44. The van der Waals surface area contributed by atoms with Crippen LogP contribution in [0.1, 0.15) is 18.4 Å². The van der Waals surface area contributed by atoms with Gasteiger partial charge in [0, 0.05) is 68.4 Å². The zero-order chi connectivity index (χ0) is 32.9. The average Bonchev–Trinajstić information content (AvgIpc) is 3.51. The van der Waals surface area contributed by atoms with Gasteiger partial charge >= 0.3 is 23.9 Å². The maximum absolute atomic E-state index is 13.7. The molecule has 2 aliphatic heterocycles. The number of aliphatic hydroxyl groups is 1. The number of halogens is 3. The van der Waals surface area contributed by atoms with E-state index in [0.717, 1.165) is 12.5 Å². The fourth-order valence-electron chi connectivity index (χ4n) is 4.28. The molecule has 1 aromatic rings. The number of aliphatic hydroxyl groups excluding tert-OH is 1. The van der Waals surface area contributed by atoms with Crippen molar-refractivity contribution in [2.45, 2.75) is 31.3 Å². The number of carboxylic acids is 4. The highest BCUT2D eigenvalue weighted by molar-refractivity contribution is 5.90. The maximum atomic E-state index is 13.7. The zero-order valence-electron chi connectivity index (χ0n) is 22.4. The first kappa shape index (κ1) is 36.3. The summed E-state index contributed by atoms with van der Waals surface area (Å²) in [6, 6.07) is 0.374. The molecule has 2 fully saturated rings. The molecule has 2 heterocycles. The lowest BCUT2D eigenvalue weighted by molar-refractivity contribution is -0.136. The number of nitrogens with zero attached hydrogens (tertiary/aromatic N) is 2. The van der Waals surface area contributed by atoms with Gasteiger partial charge in [0.15, 0.2) is 11.6 Å². The van der Waals surface area contributed by atoms with Crippen molar-refractivity contribution in [2.75, 3.05) is 26.2 Å². The number of benzene rings is 1. The molecule has 2 amide bonds. The smallest absolute Gasteiger partial charge is 0.328 e. The SMILES string of the molecule is N[C@@H](CC(=O)N1CC[C@H]2CN(C(=O)CO)C[C@H]21)Cc1cc(F)c(F)cc1F.O=C(O)/C=C/C(=O)O.O=C(O)/C=C/C(=O)O. The second-order valence-electron chi connectivity index (χ2n) is 9.21. The predicted octanol–water partition coefficient (Wildman–Crippen LogP) is -0.161. The van der Waals surface area contributed by atoms with Crippen molar-refractivity contribution in [3.05, 3.63) is 59.5 Å². The summed E-state index contributed by atoms with van der Waals surface area (Å²) in [6.45, 7) is 0.891. The van der Waals surface area contributed by atoms with Crippen LogP contribution in [-0.4, -0.2) is 109 Å². The van der Waals surface area contributed by atoms with Crippen LogP contribution in [0, 0.1) is 23.4 Å². The number of likely N-dealkylation sites (tertiary alicyclic amines) is 2. The van der Waals surface area contributed by atoms with Gasteiger partial charge in [-0.25, -0.2) is 32.3 Å². The van der Waals surface area contributed by atoms with E-state index in [0.29, 0.717) is 50.0 Å². The molecule has 0 aromatic heterocycles. The number of carbonyl (C=O) groups is 6. The van der Waals surface area contributed by atoms with E-state index < -0.39 is 54.0 Å². The summed E-state index contributed by atoms with van der Waals surface area (Å²) in [5.74, 6) is -8.76. The molecule has 3 atom stereocenters. The van der Waals surface area contributed by atoms with Crippen LogP contribution in [0.2, 0.25) is 0 Å². The molecule has 2 aliphatic rings. The number of rotatable bonds is 9. The van der Waals surface area contributed by atoms with E-state index in [1.165, 1.54) is 0 Å². The molecule has 1 aromatic carbocycles. The van der Waals surface area contributed by atoms with Crippen LogP contribution in [-0.2, 0) is 35.2 Å². The number of carboxylic acid groups (broad SMARTS) is 4. The second kappa shape index (κ2) is 17.2. The Morgan fingerprint density at radius 1 is 0.814 bits per heavy atom. The lowest BCUT2D eigenvalue weighted by Crippen LogP contribution is -2.43. The zero-order valence-corrected chi connectivity index (χ0v) is 22.4. The minimum Gasteiger partial charge on any atom is -0.478 e. The number of fused-ring (bicyclic) bond motifs is 1. The molecule has 236 valence electrons. The van der Waals surface area contributed by atoms with Gasteiger partial charge < -0.3 is 41.1 Å². The van der Waals surface area contributed by atoms with E-state index in [2.05, 4.69) is 0 Å². The van der Waals surface area contributed by atoms with Crippen molar-refractivity contribution in [1.29, 1.82) is 0 Å². The molecule has 43 heavy (non-hydrogen) atoms. The number of hydrogen-bond acceptors (Lipinski definition) is 8. The number of nitrogens with two attached hydrogens (primary N) is 1. The van der Waals surface area contributed by atoms with Crippen molar-refractivity contribution in [2.24, 2.45) is 11.7 Å². The molecule has 17 heteroatoms. The first-order valence-corrected chi connectivity index (χ1v) is 12.4. The Morgan fingerprint density at radius 2 is 1.30 bits per heavy atom. The average molecular weight is 618 g/mol. The van der Waals surface area contributed by atoms with Crippen molar-refractivity contribution in [1.82, 2.24) is 9.80 Å². The molecule has 0 saturated carbocycles. The van der Waals surface area contributed by atoms with Crippen LogP contribution in [0.3, 0.4) is 0 Å². The third-order valence-corrected chi connectivity index (χ3v) is 6.10. The Balaban J connectivity index is 0.000000476. The molecular weight excluding hydrogens is 587 g/mol. The third-order valence-electron chi connectivity index (χ3n) is 6.10. The highest BCUT2D eigenvalue weighted by atomic mass is 19.2. The predicted molar refractivity (Wildman–Crippen MR) is 139 cm³/mol. The van der Waals surface area contributed by atoms with Gasteiger partial charge in [0.05, 0.1) is 6.04 Å². The Bertz CT molecular complexity index is 1210. The molecule has 3 rings (SSSR count). The summed E-state index contributed by atoms with van der Waals surface area (Å²) >= 11 is 0. The fraction of sp³-hybridized carbons (Fsp3) is 0.385. The van der Waals surface area contributed by atoms with Crippen LogP contribution >= 0.6 is 0 Å². The Kier molecular flexibility index (Phi) is 14.5. The maximum Gasteiger partial charge on any atom is 0.328 e. The summed E-state index contributed by atoms with van der Waals surface area (Å²) in [7, 11) is 0. The first-order chi connectivity index (χ1) is 20.0. The van der Waals surface area contributed by atoms with E-state index in [-0.39, 0.29) is 42.2 Å². The standard InChI is InChI=1S/C18H22F3N3O3.2C4H4O4/c19-13-6-15(21)14(20)4-11(13)3-12(22)5-17(26)24-2-1-10-7-23(8-16(10)24)18(27)9-25;2*5-3(6)1-2-4(7)8/h4,6,10,12,16,25H,1-3,5,7-9,22H2;2*1-2H,(H,5,6)(H,7,8)/b;2*2-1+/t10-,12+,16+;;/m0../s1. The van der Waals surface area contributed by atoms with Crippen molar-refractivity contribution in [3.8, 4) is 0 Å². The van der Waals surface area contributed by atoms with Crippen LogP contribution in [0.4, 0.5) is 13.2 Å². The molecular formula is C26H30F3N3O11. The second-order valence-corrected chi connectivity index (χ2v) is 9.21. The van der Waals surface area contributed by atoms with E-state index >= 15 is 0 Å². The van der Waals surface area contributed by atoms with E-state index in [4.69, 9.17) is 31.3 Å². The Hall–Kier alpha value is -4.77. The van der Waals surface area contributed by atoms with Gasteiger partial charge in [0.2, 0.25) is 11.8 Å². The molecule has 0 spiro atoms. The molecule has 7 N–H and O–H groups in total. The summed E-state index contributed by atoms with van der Waals surface area (Å²) in [5, 5.41) is 40.2. The van der Waals surface area contributed by atoms with Gasteiger partial charge in [-0.1, -0.05) is 0 Å². The highest BCUT2D eigenvalue weighted by Crippen LogP contribution is 2.32. The topological polar surface area (TPSA) is 236 Å². The van der Waals surface area contributed by atoms with Gasteiger partial charge in [-0.05, 0) is 24.5 Å². The quantitative estimate of drug-likeness (QED) is 0.157. The fourth-order valence-corrected chi connectivity index (χ4v) is 4.28. The van der Waals surface area contributed by atoms with Crippen LogP contribution < -0.4 is 5.73 Å². The lowest BCUT2D eigenvalue weighted by Gasteiger charge is -2.26. The molecule has 0 bridgehead atoms. The van der Waals surface area contributed by atoms with Crippen molar-refractivity contribution in [3.63, 3.8) is 0 Å². The molecule has 0 aliphatic carbocycles. The van der Waals surface area contributed by atoms with Gasteiger partial charge in [-0.15, -0.1) is 0 Å².